The minimum absolute atomic E-state index is 0.263. The van der Waals surface area contributed by atoms with E-state index in [1.165, 1.54) is 13.8 Å². The quantitative estimate of drug-likeness (QED) is 0.481. The van der Waals surface area contributed by atoms with Crippen LogP contribution < -0.4 is 0 Å². The third-order valence-corrected chi connectivity index (χ3v) is 2.42. The summed E-state index contributed by atoms with van der Waals surface area (Å²) in [7, 11) is 0. The van der Waals surface area contributed by atoms with Crippen LogP contribution in [-0.4, -0.2) is 44.6 Å². The van der Waals surface area contributed by atoms with E-state index in [4.69, 9.17) is 10.2 Å². The number of carbonyl (C=O) groups is 2. The maximum atomic E-state index is 10.5. The summed E-state index contributed by atoms with van der Waals surface area (Å²) in [6.45, 7) is 2.59. The Bertz CT molecular complexity index is 215. The van der Waals surface area contributed by atoms with Crippen molar-refractivity contribution in [1.29, 1.82) is 0 Å². The van der Waals surface area contributed by atoms with Gasteiger partial charge in [0.2, 0.25) is 0 Å². The van der Waals surface area contributed by atoms with E-state index in [1.54, 1.807) is 0 Å². The van der Waals surface area contributed by atoms with Crippen LogP contribution in [0.3, 0.4) is 0 Å². The van der Waals surface area contributed by atoms with Crippen molar-refractivity contribution in [3.05, 3.63) is 0 Å². The highest BCUT2D eigenvalue weighted by Gasteiger charge is 2.28. The van der Waals surface area contributed by atoms with Gasteiger partial charge in [-0.2, -0.15) is 0 Å². The fourth-order valence-electron chi connectivity index (χ4n) is 0.985. The van der Waals surface area contributed by atoms with Crippen molar-refractivity contribution in [3.63, 3.8) is 0 Å². The molecule has 4 N–H and O–H groups in total. The van der Waals surface area contributed by atoms with Gasteiger partial charge in [-0.25, -0.2) is 0 Å². The first-order chi connectivity index (χ1) is 6.77. The standard InChI is InChI=1S/C9H16O6/c1-4(8(12)13)6(10)3-7(11)5(2)9(14)15/h4-7,10-11H,3H2,1-2H3,(H,12,13)(H,14,15)/t4-,5-,6-,7-/m1/s1. The van der Waals surface area contributed by atoms with Gasteiger partial charge < -0.3 is 20.4 Å². The minimum Gasteiger partial charge on any atom is -0.481 e. The van der Waals surface area contributed by atoms with Gasteiger partial charge in [0.05, 0.1) is 24.0 Å². The molecule has 0 aromatic rings. The number of hydrogen-bond acceptors (Lipinski definition) is 4. The summed E-state index contributed by atoms with van der Waals surface area (Å²) in [4.78, 5) is 20.9. The maximum Gasteiger partial charge on any atom is 0.308 e. The SMILES string of the molecule is C[C@@H](C(=O)O)[C@H](O)C[C@@H](O)[C@@H](C)C(=O)O. The Labute approximate surface area is 87.2 Å². The lowest BCUT2D eigenvalue weighted by atomic mass is 9.93. The van der Waals surface area contributed by atoms with Crippen LogP contribution in [0.15, 0.2) is 0 Å². The Hall–Kier alpha value is -1.14. The molecular weight excluding hydrogens is 204 g/mol. The van der Waals surface area contributed by atoms with Gasteiger partial charge in [0.15, 0.2) is 0 Å². The van der Waals surface area contributed by atoms with Gasteiger partial charge in [-0.3, -0.25) is 9.59 Å². The molecule has 15 heavy (non-hydrogen) atoms. The third-order valence-electron chi connectivity index (χ3n) is 2.42. The second-order valence-electron chi connectivity index (χ2n) is 3.62. The van der Waals surface area contributed by atoms with Crippen LogP contribution in [0.2, 0.25) is 0 Å². The van der Waals surface area contributed by atoms with E-state index in [-0.39, 0.29) is 6.42 Å². The molecule has 0 rings (SSSR count). The molecule has 88 valence electrons. The summed E-state index contributed by atoms with van der Waals surface area (Å²) in [5.41, 5.74) is 0. The predicted octanol–water partition coefficient (Wildman–Crippen LogP) is -0.460. The van der Waals surface area contributed by atoms with Gasteiger partial charge in [-0.05, 0) is 13.8 Å². The largest absolute Gasteiger partial charge is 0.481 e. The van der Waals surface area contributed by atoms with Crippen LogP contribution in [0.1, 0.15) is 20.3 Å². The molecule has 0 spiro atoms. The van der Waals surface area contributed by atoms with Crippen LogP contribution in [0, 0.1) is 11.8 Å². The Morgan fingerprint density at radius 1 is 0.933 bits per heavy atom. The highest BCUT2D eigenvalue weighted by molar-refractivity contribution is 5.71. The molecule has 0 bridgehead atoms. The predicted molar refractivity (Wildman–Crippen MR) is 50.2 cm³/mol. The zero-order valence-electron chi connectivity index (χ0n) is 8.62. The third kappa shape index (κ3) is 4.26. The van der Waals surface area contributed by atoms with Gasteiger partial charge in [-0.1, -0.05) is 0 Å². The van der Waals surface area contributed by atoms with Gasteiger partial charge in [-0.15, -0.1) is 0 Å². The summed E-state index contributed by atoms with van der Waals surface area (Å²) in [5.74, 6) is -4.42. The monoisotopic (exact) mass is 220 g/mol. The van der Waals surface area contributed by atoms with Gasteiger partial charge >= 0.3 is 11.9 Å². The molecule has 0 saturated carbocycles. The molecule has 4 atom stereocenters. The first-order valence-electron chi connectivity index (χ1n) is 4.59. The fraction of sp³-hybridized carbons (Fsp3) is 0.778. The van der Waals surface area contributed by atoms with Crippen molar-refractivity contribution < 1.29 is 30.0 Å². The lowest BCUT2D eigenvalue weighted by Crippen LogP contribution is -2.34. The molecule has 0 aromatic heterocycles. The number of hydrogen-bond donors (Lipinski definition) is 4. The van der Waals surface area contributed by atoms with E-state index >= 15 is 0 Å². The zero-order valence-corrected chi connectivity index (χ0v) is 8.62. The van der Waals surface area contributed by atoms with Crippen LogP contribution in [0.25, 0.3) is 0 Å². The van der Waals surface area contributed by atoms with Crippen molar-refractivity contribution in [3.8, 4) is 0 Å². The topological polar surface area (TPSA) is 115 Å². The highest BCUT2D eigenvalue weighted by Crippen LogP contribution is 2.15. The molecule has 6 heteroatoms. The van der Waals surface area contributed by atoms with Crippen molar-refractivity contribution in [2.24, 2.45) is 11.8 Å². The van der Waals surface area contributed by atoms with E-state index in [0.717, 1.165) is 0 Å². The molecule has 0 aliphatic carbocycles. The lowest BCUT2D eigenvalue weighted by molar-refractivity contribution is -0.147. The van der Waals surface area contributed by atoms with E-state index in [2.05, 4.69) is 0 Å². The number of carboxylic acids is 2. The summed E-state index contributed by atoms with van der Waals surface area (Å²) in [6.07, 6.45) is -2.76. The average Bonchev–Trinajstić information content (AvgIpc) is 2.14. The van der Waals surface area contributed by atoms with E-state index in [1.807, 2.05) is 0 Å². The van der Waals surface area contributed by atoms with Gasteiger partial charge in [0.25, 0.3) is 0 Å². The van der Waals surface area contributed by atoms with Crippen LogP contribution in [0.4, 0.5) is 0 Å². The normalized spacial score (nSPS) is 18.9. The highest BCUT2D eigenvalue weighted by atomic mass is 16.4. The van der Waals surface area contributed by atoms with Gasteiger partial charge in [0.1, 0.15) is 0 Å². The summed E-state index contributed by atoms with van der Waals surface area (Å²) in [6, 6.07) is 0. The van der Waals surface area contributed by atoms with Crippen LogP contribution >= 0.6 is 0 Å². The average molecular weight is 220 g/mol. The molecule has 0 fully saturated rings. The summed E-state index contributed by atoms with van der Waals surface area (Å²) in [5, 5.41) is 35.8. The molecule has 0 aliphatic heterocycles. The van der Waals surface area contributed by atoms with Crippen molar-refractivity contribution in [2.45, 2.75) is 32.5 Å². The second kappa shape index (κ2) is 5.67. The Kier molecular flexibility index (Phi) is 5.24. The molecule has 0 heterocycles. The molecule has 0 aromatic carbocycles. The van der Waals surface area contributed by atoms with Gasteiger partial charge in [0, 0.05) is 6.42 Å². The van der Waals surface area contributed by atoms with Crippen LogP contribution in [-0.2, 0) is 9.59 Å². The second-order valence-corrected chi connectivity index (χ2v) is 3.62. The molecule has 0 amide bonds. The molecule has 0 saturated heterocycles. The van der Waals surface area contributed by atoms with Crippen molar-refractivity contribution in [2.75, 3.05) is 0 Å². The van der Waals surface area contributed by atoms with Crippen molar-refractivity contribution >= 4 is 11.9 Å². The molecule has 0 aliphatic rings. The lowest BCUT2D eigenvalue weighted by Gasteiger charge is -2.20. The minimum atomic E-state index is -1.25. The summed E-state index contributed by atoms with van der Waals surface area (Å²) >= 11 is 0. The zero-order chi connectivity index (χ0) is 12.2. The van der Waals surface area contributed by atoms with Crippen LogP contribution in [0.5, 0.6) is 0 Å². The maximum absolute atomic E-state index is 10.5. The number of aliphatic hydroxyl groups excluding tert-OH is 2. The first-order valence-corrected chi connectivity index (χ1v) is 4.59. The summed E-state index contributed by atoms with van der Waals surface area (Å²) < 4.78 is 0. The Morgan fingerprint density at radius 2 is 1.20 bits per heavy atom. The Morgan fingerprint density at radius 3 is 1.40 bits per heavy atom. The number of carboxylic acid groups (broad SMARTS) is 2. The molecular formula is C9H16O6. The van der Waals surface area contributed by atoms with E-state index < -0.39 is 36.0 Å². The van der Waals surface area contributed by atoms with E-state index in [9.17, 15) is 19.8 Å². The molecule has 0 unspecified atom stereocenters. The van der Waals surface area contributed by atoms with Crippen molar-refractivity contribution in [1.82, 2.24) is 0 Å². The Balaban J connectivity index is 4.23. The number of aliphatic carboxylic acids is 2. The number of aliphatic hydroxyl groups is 2. The molecule has 6 nitrogen and oxygen atoms in total. The molecule has 0 radical (unpaired) electrons. The fourth-order valence-corrected chi connectivity index (χ4v) is 0.985. The smallest absolute Gasteiger partial charge is 0.308 e. The number of rotatable bonds is 6. The first kappa shape index (κ1) is 13.9. The van der Waals surface area contributed by atoms with E-state index in [0.29, 0.717) is 0 Å².